The standard InChI is InChI=1S/C15H19F3N2O2S/c1-9-4-5-12(23-9)10(2)13(21)19(3)11-6-7-20(14(11)22)8-15(16,17)18/h4-5,10-11H,6-8H2,1-3H3/t10-,11+/m0/s1. The number of halogens is 3. The number of carbonyl (C=O) groups is 2. The molecule has 0 spiro atoms. The number of amides is 2. The lowest BCUT2D eigenvalue weighted by atomic mass is 10.1. The zero-order valence-corrected chi connectivity index (χ0v) is 14.0. The van der Waals surface area contributed by atoms with Crippen molar-refractivity contribution >= 4 is 23.2 Å². The molecule has 1 aliphatic rings. The van der Waals surface area contributed by atoms with Gasteiger partial charge in [-0.05, 0) is 32.4 Å². The minimum atomic E-state index is -4.42. The van der Waals surface area contributed by atoms with Crippen LogP contribution < -0.4 is 0 Å². The summed E-state index contributed by atoms with van der Waals surface area (Å²) in [4.78, 5) is 28.7. The number of carbonyl (C=O) groups excluding carboxylic acids is 2. The van der Waals surface area contributed by atoms with E-state index in [1.54, 1.807) is 6.92 Å². The third kappa shape index (κ3) is 4.04. The second kappa shape index (κ2) is 6.51. The molecule has 1 fully saturated rings. The van der Waals surface area contributed by atoms with Crippen molar-refractivity contribution in [3.8, 4) is 0 Å². The summed E-state index contributed by atoms with van der Waals surface area (Å²) in [7, 11) is 1.49. The van der Waals surface area contributed by atoms with Crippen LogP contribution in [0.25, 0.3) is 0 Å². The summed E-state index contributed by atoms with van der Waals surface area (Å²) in [5.41, 5.74) is 0. The van der Waals surface area contributed by atoms with Gasteiger partial charge in [0.2, 0.25) is 11.8 Å². The van der Waals surface area contributed by atoms with Gasteiger partial charge in [0.15, 0.2) is 0 Å². The highest BCUT2D eigenvalue weighted by Gasteiger charge is 2.42. The van der Waals surface area contributed by atoms with Gasteiger partial charge < -0.3 is 9.80 Å². The van der Waals surface area contributed by atoms with E-state index < -0.39 is 30.6 Å². The molecule has 2 rings (SSSR count). The van der Waals surface area contributed by atoms with Gasteiger partial charge >= 0.3 is 6.18 Å². The normalized spacial score (nSPS) is 20.0. The van der Waals surface area contributed by atoms with Gasteiger partial charge in [-0.3, -0.25) is 9.59 Å². The first-order chi connectivity index (χ1) is 10.6. The molecule has 4 nitrogen and oxygen atoms in total. The molecule has 0 bridgehead atoms. The highest BCUT2D eigenvalue weighted by atomic mass is 32.1. The van der Waals surface area contributed by atoms with Crippen molar-refractivity contribution in [3.63, 3.8) is 0 Å². The molecule has 2 atom stereocenters. The molecule has 2 amide bonds. The molecular formula is C15H19F3N2O2S. The number of hydrogen-bond donors (Lipinski definition) is 0. The van der Waals surface area contributed by atoms with Crippen molar-refractivity contribution in [2.24, 2.45) is 0 Å². The fraction of sp³-hybridized carbons (Fsp3) is 0.600. The molecule has 8 heteroatoms. The number of thiophene rings is 1. The summed E-state index contributed by atoms with van der Waals surface area (Å²) in [6.07, 6.45) is -4.19. The smallest absolute Gasteiger partial charge is 0.333 e. The molecule has 0 unspecified atom stereocenters. The summed E-state index contributed by atoms with van der Waals surface area (Å²) >= 11 is 1.50. The highest BCUT2D eigenvalue weighted by Crippen LogP contribution is 2.28. The number of nitrogens with zero attached hydrogens (tertiary/aromatic N) is 2. The van der Waals surface area contributed by atoms with Crippen LogP contribution in [-0.2, 0) is 9.59 Å². The molecule has 0 saturated carbocycles. The number of alkyl halides is 3. The van der Waals surface area contributed by atoms with E-state index in [1.165, 1.54) is 23.3 Å². The average molecular weight is 348 g/mol. The molecule has 1 aromatic rings. The number of hydrogen-bond acceptors (Lipinski definition) is 3. The molecule has 1 aromatic heterocycles. The Kier molecular flexibility index (Phi) is 5.03. The summed E-state index contributed by atoms with van der Waals surface area (Å²) < 4.78 is 37.3. The van der Waals surface area contributed by atoms with E-state index >= 15 is 0 Å². The molecule has 0 radical (unpaired) electrons. The van der Waals surface area contributed by atoms with Crippen molar-refractivity contribution in [1.29, 1.82) is 0 Å². The number of likely N-dealkylation sites (tertiary alicyclic amines) is 1. The zero-order chi connectivity index (χ0) is 17.4. The quantitative estimate of drug-likeness (QED) is 0.840. The Morgan fingerprint density at radius 1 is 1.48 bits per heavy atom. The first-order valence-electron chi connectivity index (χ1n) is 7.28. The predicted octanol–water partition coefficient (Wildman–Crippen LogP) is 2.78. The molecular weight excluding hydrogens is 329 g/mol. The van der Waals surface area contributed by atoms with E-state index in [9.17, 15) is 22.8 Å². The Labute approximate surface area is 136 Å². The molecule has 1 saturated heterocycles. The Hall–Kier alpha value is -1.57. The maximum Gasteiger partial charge on any atom is 0.406 e. The van der Waals surface area contributed by atoms with Gasteiger partial charge in [0, 0.05) is 23.3 Å². The maximum atomic E-state index is 12.5. The van der Waals surface area contributed by atoms with Gasteiger partial charge in [-0.2, -0.15) is 13.2 Å². The van der Waals surface area contributed by atoms with Crippen LogP contribution in [-0.4, -0.2) is 54.0 Å². The Morgan fingerprint density at radius 3 is 2.65 bits per heavy atom. The fourth-order valence-corrected chi connectivity index (χ4v) is 3.64. The van der Waals surface area contributed by atoms with Gasteiger partial charge in [-0.15, -0.1) is 11.3 Å². The van der Waals surface area contributed by atoms with Gasteiger partial charge in [0.1, 0.15) is 12.6 Å². The first-order valence-corrected chi connectivity index (χ1v) is 8.10. The van der Waals surface area contributed by atoms with Crippen molar-refractivity contribution in [2.75, 3.05) is 20.1 Å². The van der Waals surface area contributed by atoms with Gasteiger partial charge in [-0.25, -0.2) is 0 Å². The topological polar surface area (TPSA) is 40.6 Å². The predicted molar refractivity (Wildman–Crippen MR) is 81.3 cm³/mol. The lowest BCUT2D eigenvalue weighted by molar-refractivity contribution is -0.159. The van der Waals surface area contributed by atoms with Gasteiger partial charge in [0.05, 0.1) is 5.92 Å². The monoisotopic (exact) mass is 348 g/mol. The van der Waals surface area contributed by atoms with E-state index in [-0.39, 0.29) is 18.9 Å². The Bertz CT molecular complexity index is 600. The fourth-order valence-electron chi connectivity index (χ4n) is 2.72. The number of rotatable bonds is 4. The third-order valence-electron chi connectivity index (χ3n) is 4.01. The summed E-state index contributed by atoms with van der Waals surface area (Å²) in [6, 6.07) is 2.96. The molecule has 0 aliphatic carbocycles. The van der Waals surface area contributed by atoms with Crippen molar-refractivity contribution in [3.05, 3.63) is 21.9 Å². The number of aryl methyl sites for hydroxylation is 1. The molecule has 23 heavy (non-hydrogen) atoms. The van der Waals surface area contributed by atoms with Crippen LogP contribution in [0.15, 0.2) is 12.1 Å². The number of likely N-dealkylation sites (N-methyl/N-ethyl adjacent to an activating group) is 1. The molecule has 128 valence electrons. The average Bonchev–Trinajstić information content (AvgIpc) is 3.02. The maximum absolute atomic E-state index is 12.5. The molecule has 0 aromatic carbocycles. The van der Waals surface area contributed by atoms with Crippen LogP contribution >= 0.6 is 11.3 Å². The minimum absolute atomic E-state index is 0.0210. The zero-order valence-electron chi connectivity index (χ0n) is 13.2. The van der Waals surface area contributed by atoms with Crippen LogP contribution in [0.5, 0.6) is 0 Å². The first kappa shape index (κ1) is 17.8. The van der Waals surface area contributed by atoms with Crippen LogP contribution in [0.2, 0.25) is 0 Å². The largest absolute Gasteiger partial charge is 0.406 e. The molecule has 2 heterocycles. The van der Waals surface area contributed by atoms with Crippen LogP contribution in [0, 0.1) is 6.92 Å². The van der Waals surface area contributed by atoms with Crippen LogP contribution in [0.3, 0.4) is 0 Å². The Morgan fingerprint density at radius 2 is 2.13 bits per heavy atom. The van der Waals surface area contributed by atoms with Crippen LogP contribution in [0.1, 0.15) is 29.0 Å². The third-order valence-corrected chi connectivity index (χ3v) is 5.20. The summed E-state index contributed by atoms with van der Waals surface area (Å²) in [6.45, 7) is 2.44. The van der Waals surface area contributed by atoms with Crippen molar-refractivity contribution < 1.29 is 22.8 Å². The van der Waals surface area contributed by atoms with E-state index in [0.717, 1.165) is 14.7 Å². The van der Waals surface area contributed by atoms with Crippen molar-refractivity contribution in [2.45, 2.75) is 38.4 Å². The van der Waals surface area contributed by atoms with E-state index in [4.69, 9.17) is 0 Å². The van der Waals surface area contributed by atoms with Gasteiger partial charge in [0.25, 0.3) is 0 Å². The Balaban J connectivity index is 2.04. The van der Waals surface area contributed by atoms with E-state index in [2.05, 4.69) is 0 Å². The SMILES string of the molecule is Cc1ccc([C@H](C)C(=O)N(C)[C@@H]2CCN(CC(F)(F)F)C2=O)s1. The minimum Gasteiger partial charge on any atom is -0.333 e. The second-order valence-corrected chi connectivity index (χ2v) is 7.12. The highest BCUT2D eigenvalue weighted by molar-refractivity contribution is 7.12. The van der Waals surface area contributed by atoms with E-state index in [1.807, 2.05) is 19.1 Å². The molecule has 1 aliphatic heterocycles. The lowest BCUT2D eigenvalue weighted by Gasteiger charge is -2.26. The summed E-state index contributed by atoms with van der Waals surface area (Å²) in [5, 5.41) is 0. The van der Waals surface area contributed by atoms with Crippen LogP contribution in [0.4, 0.5) is 13.2 Å². The summed E-state index contributed by atoms with van der Waals surface area (Å²) in [5.74, 6) is -1.30. The lowest BCUT2D eigenvalue weighted by Crippen LogP contribution is -2.45. The van der Waals surface area contributed by atoms with Crippen molar-refractivity contribution in [1.82, 2.24) is 9.80 Å². The molecule has 0 N–H and O–H groups in total. The second-order valence-electron chi connectivity index (χ2n) is 5.80. The van der Waals surface area contributed by atoms with E-state index in [0.29, 0.717) is 0 Å². The van der Waals surface area contributed by atoms with Gasteiger partial charge in [-0.1, -0.05) is 0 Å².